The molecular weight excluding hydrogens is 218 g/mol. The summed E-state index contributed by atoms with van der Waals surface area (Å²) in [6.45, 7) is 0.379. The number of aromatic nitrogens is 1. The van der Waals surface area contributed by atoms with Crippen LogP contribution >= 0.6 is 0 Å². The quantitative estimate of drug-likeness (QED) is 0.808. The number of nitrogens with two attached hydrogens (primary N) is 2. The number of ether oxygens (including phenoxy) is 1. The molecular formula is C12H17N3O2. The van der Waals surface area contributed by atoms with Crippen molar-refractivity contribution in [1.29, 1.82) is 0 Å². The highest BCUT2D eigenvalue weighted by Crippen LogP contribution is 2.28. The van der Waals surface area contributed by atoms with Gasteiger partial charge in [-0.15, -0.1) is 0 Å². The molecule has 1 aromatic rings. The summed E-state index contributed by atoms with van der Waals surface area (Å²) in [7, 11) is 0. The summed E-state index contributed by atoms with van der Waals surface area (Å²) in [5, 5.41) is 0. The van der Waals surface area contributed by atoms with E-state index in [1.165, 1.54) is 0 Å². The number of carbonyl (C=O) groups is 1. The van der Waals surface area contributed by atoms with Crippen LogP contribution < -0.4 is 16.2 Å². The first-order valence-electron chi connectivity index (χ1n) is 5.77. The Bertz CT molecular complexity index is 414. The number of amides is 1. The minimum Gasteiger partial charge on any atom is -0.475 e. The summed E-state index contributed by atoms with van der Waals surface area (Å²) in [4.78, 5) is 15.2. The van der Waals surface area contributed by atoms with E-state index in [2.05, 4.69) is 4.98 Å². The Balaban J connectivity index is 2.06. The molecule has 1 amide bonds. The molecule has 1 heterocycles. The number of hydrogen-bond donors (Lipinski definition) is 2. The zero-order chi connectivity index (χ0) is 12.3. The molecule has 1 aromatic heterocycles. The van der Waals surface area contributed by atoms with Crippen LogP contribution in [0.3, 0.4) is 0 Å². The summed E-state index contributed by atoms with van der Waals surface area (Å²) >= 11 is 0. The number of nitrogens with zero attached hydrogens (tertiary/aromatic N) is 1. The lowest BCUT2D eigenvalue weighted by Crippen LogP contribution is -2.42. The van der Waals surface area contributed by atoms with Crippen molar-refractivity contribution in [1.82, 2.24) is 4.98 Å². The van der Waals surface area contributed by atoms with Gasteiger partial charge in [0.15, 0.2) is 0 Å². The maximum absolute atomic E-state index is 11.2. The maximum atomic E-state index is 11.2. The minimum absolute atomic E-state index is 0.275. The summed E-state index contributed by atoms with van der Waals surface area (Å²) in [6, 6.07) is 3.25. The molecule has 0 aliphatic heterocycles. The summed E-state index contributed by atoms with van der Waals surface area (Å²) in [5.41, 5.74) is 11.4. The number of carbonyl (C=O) groups excluding carboxylic acids is 1. The van der Waals surface area contributed by atoms with Crippen LogP contribution in [-0.4, -0.2) is 23.0 Å². The second kappa shape index (κ2) is 4.71. The number of hydrogen-bond acceptors (Lipinski definition) is 4. The highest BCUT2D eigenvalue weighted by molar-refractivity contribution is 5.94. The summed E-state index contributed by atoms with van der Waals surface area (Å²) < 4.78 is 5.55. The molecule has 1 fully saturated rings. The van der Waals surface area contributed by atoms with E-state index in [-0.39, 0.29) is 11.4 Å². The van der Waals surface area contributed by atoms with E-state index in [9.17, 15) is 4.79 Å². The zero-order valence-electron chi connectivity index (χ0n) is 9.69. The van der Waals surface area contributed by atoms with Crippen molar-refractivity contribution in [3.8, 4) is 5.88 Å². The number of primary amides is 1. The Morgan fingerprint density at radius 1 is 1.47 bits per heavy atom. The molecule has 5 nitrogen and oxygen atoms in total. The predicted octanol–water partition coefficient (Wildman–Crippen LogP) is 0.831. The fraction of sp³-hybridized carbons (Fsp3) is 0.500. The Morgan fingerprint density at radius 2 is 2.18 bits per heavy atom. The number of rotatable bonds is 4. The molecule has 5 heteroatoms. The fourth-order valence-electron chi connectivity index (χ4n) is 2.13. The van der Waals surface area contributed by atoms with Crippen LogP contribution in [0.4, 0.5) is 0 Å². The normalized spacial score (nSPS) is 17.9. The number of pyridine rings is 1. The van der Waals surface area contributed by atoms with E-state index in [1.54, 1.807) is 18.3 Å². The van der Waals surface area contributed by atoms with Crippen LogP contribution in [0.2, 0.25) is 0 Å². The molecule has 2 rings (SSSR count). The van der Waals surface area contributed by atoms with E-state index < -0.39 is 5.91 Å². The molecule has 17 heavy (non-hydrogen) atoms. The lowest BCUT2D eigenvalue weighted by Gasteiger charge is -2.23. The SMILES string of the molecule is NC(=O)c1cccnc1OCC1(N)CCCC1. The van der Waals surface area contributed by atoms with E-state index in [0.717, 1.165) is 25.7 Å². The van der Waals surface area contributed by atoms with Crippen molar-refractivity contribution in [2.24, 2.45) is 11.5 Å². The molecule has 0 radical (unpaired) electrons. The Hall–Kier alpha value is -1.62. The summed E-state index contributed by atoms with van der Waals surface area (Å²) in [6.07, 6.45) is 5.73. The van der Waals surface area contributed by atoms with Crippen molar-refractivity contribution in [3.05, 3.63) is 23.9 Å². The van der Waals surface area contributed by atoms with Gasteiger partial charge in [0.05, 0.1) is 5.54 Å². The van der Waals surface area contributed by atoms with Gasteiger partial charge in [0, 0.05) is 6.20 Å². The van der Waals surface area contributed by atoms with Gasteiger partial charge < -0.3 is 16.2 Å². The van der Waals surface area contributed by atoms with Crippen molar-refractivity contribution in [2.75, 3.05) is 6.61 Å². The van der Waals surface area contributed by atoms with Gasteiger partial charge >= 0.3 is 0 Å². The largest absolute Gasteiger partial charge is 0.475 e. The van der Waals surface area contributed by atoms with Crippen LogP contribution in [0, 0.1) is 0 Å². The monoisotopic (exact) mass is 235 g/mol. The Kier molecular flexibility index (Phi) is 3.28. The van der Waals surface area contributed by atoms with Gasteiger partial charge in [-0.1, -0.05) is 12.8 Å². The highest BCUT2D eigenvalue weighted by Gasteiger charge is 2.30. The minimum atomic E-state index is -0.536. The lowest BCUT2D eigenvalue weighted by atomic mass is 10.0. The smallest absolute Gasteiger partial charge is 0.254 e. The van der Waals surface area contributed by atoms with Crippen LogP contribution in [0.25, 0.3) is 0 Å². The predicted molar refractivity (Wildman–Crippen MR) is 63.6 cm³/mol. The lowest BCUT2D eigenvalue weighted by molar-refractivity contribution is 0.0993. The Labute approximate surface area is 100 Å². The average molecular weight is 235 g/mol. The molecule has 0 bridgehead atoms. The van der Waals surface area contributed by atoms with E-state index in [1.807, 2.05) is 0 Å². The van der Waals surface area contributed by atoms with Crippen molar-refractivity contribution in [2.45, 2.75) is 31.2 Å². The van der Waals surface area contributed by atoms with Crippen molar-refractivity contribution >= 4 is 5.91 Å². The second-order valence-corrected chi connectivity index (χ2v) is 4.58. The van der Waals surface area contributed by atoms with Crippen LogP contribution in [-0.2, 0) is 0 Å². The molecule has 1 saturated carbocycles. The van der Waals surface area contributed by atoms with Gasteiger partial charge in [-0.05, 0) is 25.0 Å². The molecule has 1 aliphatic rings. The topological polar surface area (TPSA) is 91.2 Å². The molecule has 0 unspecified atom stereocenters. The van der Waals surface area contributed by atoms with E-state index >= 15 is 0 Å². The third kappa shape index (κ3) is 2.74. The second-order valence-electron chi connectivity index (χ2n) is 4.58. The fourth-order valence-corrected chi connectivity index (χ4v) is 2.13. The molecule has 1 aliphatic carbocycles. The van der Waals surface area contributed by atoms with Crippen LogP contribution in [0.1, 0.15) is 36.0 Å². The van der Waals surface area contributed by atoms with Gasteiger partial charge in [-0.3, -0.25) is 4.79 Å². The molecule has 92 valence electrons. The van der Waals surface area contributed by atoms with E-state index in [4.69, 9.17) is 16.2 Å². The first-order valence-corrected chi connectivity index (χ1v) is 5.77. The summed E-state index contributed by atoms with van der Waals surface area (Å²) in [5.74, 6) is -0.262. The first-order chi connectivity index (χ1) is 8.11. The third-order valence-electron chi connectivity index (χ3n) is 3.13. The molecule has 0 aromatic carbocycles. The molecule has 0 spiro atoms. The average Bonchev–Trinajstić information content (AvgIpc) is 2.74. The Morgan fingerprint density at radius 3 is 2.82 bits per heavy atom. The van der Waals surface area contributed by atoms with Gasteiger partial charge in [0.2, 0.25) is 5.88 Å². The molecule has 0 saturated heterocycles. The van der Waals surface area contributed by atoms with Gasteiger partial charge in [-0.25, -0.2) is 4.98 Å². The first kappa shape index (κ1) is 11.9. The van der Waals surface area contributed by atoms with Crippen molar-refractivity contribution in [3.63, 3.8) is 0 Å². The van der Waals surface area contributed by atoms with Crippen LogP contribution in [0.15, 0.2) is 18.3 Å². The maximum Gasteiger partial charge on any atom is 0.254 e. The van der Waals surface area contributed by atoms with Crippen molar-refractivity contribution < 1.29 is 9.53 Å². The molecule has 4 N–H and O–H groups in total. The zero-order valence-corrected chi connectivity index (χ0v) is 9.69. The standard InChI is InChI=1S/C12H17N3O2/c13-10(16)9-4-3-7-15-11(9)17-8-12(14)5-1-2-6-12/h3-4,7H,1-2,5-6,8,14H2,(H2,13,16). The third-order valence-corrected chi connectivity index (χ3v) is 3.13. The highest BCUT2D eigenvalue weighted by atomic mass is 16.5. The van der Waals surface area contributed by atoms with Gasteiger partial charge in [-0.2, -0.15) is 0 Å². The van der Waals surface area contributed by atoms with Crippen LogP contribution in [0.5, 0.6) is 5.88 Å². The van der Waals surface area contributed by atoms with Gasteiger partial charge in [0.1, 0.15) is 12.2 Å². The van der Waals surface area contributed by atoms with Gasteiger partial charge in [0.25, 0.3) is 5.91 Å². The van der Waals surface area contributed by atoms with E-state index in [0.29, 0.717) is 12.2 Å². The molecule has 0 atom stereocenters.